The molecule has 1 aromatic carbocycles. The van der Waals surface area contributed by atoms with Crippen LogP contribution in [-0.4, -0.2) is 45.6 Å². The third kappa shape index (κ3) is 3.71. The number of H-pyrrole nitrogens is 2. The number of aryl methyl sites for hydroxylation is 1. The van der Waals surface area contributed by atoms with E-state index in [9.17, 15) is 4.79 Å². The van der Waals surface area contributed by atoms with Gasteiger partial charge in [0.2, 0.25) is 5.91 Å². The van der Waals surface area contributed by atoms with Crippen molar-refractivity contribution >= 4 is 33.7 Å². The summed E-state index contributed by atoms with van der Waals surface area (Å²) in [5, 5.41) is 10.6. The third-order valence-electron chi connectivity index (χ3n) is 7.02. The molecule has 0 spiro atoms. The molecule has 6 aromatic rings. The first-order valence-corrected chi connectivity index (χ1v) is 12.3. The molecule has 0 atom stereocenters. The molecule has 0 unspecified atom stereocenters. The van der Waals surface area contributed by atoms with Crippen LogP contribution in [0, 0.1) is 18.7 Å². The maximum absolute atomic E-state index is 15.2. The van der Waals surface area contributed by atoms with Gasteiger partial charge in [-0.15, -0.1) is 0 Å². The average Bonchev–Trinajstić information content (AvgIpc) is 3.60. The number of rotatable bonds is 5. The molecule has 38 heavy (non-hydrogen) atoms. The molecule has 10 nitrogen and oxygen atoms in total. The highest BCUT2D eigenvalue weighted by Crippen LogP contribution is 2.33. The monoisotopic (exact) mass is 507 g/mol. The van der Waals surface area contributed by atoms with Gasteiger partial charge < -0.3 is 14.9 Å². The molecule has 0 saturated heterocycles. The number of carbonyl (C=O) groups is 1. The van der Waals surface area contributed by atoms with Gasteiger partial charge in [-0.1, -0.05) is 6.42 Å². The van der Waals surface area contributed by atoms with Gasteiger partial charge in [-0.3, -0.25) is 14.9 Å². The number of pyridine rings is 2. The van der Waals surface area contributed by atoms with Crippen molar-refractivity contribution in [1.29, 1.82) is 0 Å². The topological polar surface area (TPSA) is 130 Å². The Balaban J connectivity index is 1.29. The van der Waals surface area contributed by atoms with Crippen molar-refractivity contribution in [2.45, 2.75) is 26.2 Å². The predicted octanol–water partition coefficient (Wildman–Crippen LogP) is 4.94. The number of imidazole rings is 2. The third-order valence-corrected chi connectivity index (χ3v) is 7.02. The summed E-state index contributed by atoms with van der Waals surface area (Å²) in [5.74, 6) is 0.0541. The number of fused-ring (bicyclic) bond motifs is 2. The summed E-state index contributed by atoms with van der Waals surface area (Å²) >= 11 is 0. The van der Waals surface area contributed by atoms with Crippen LogP contribution in [0.5, 0.6) is 0 Å². The number of benzene rings is 1. The van der Waals surface area contributed by atoms with Crippen LogP contribution in [0.2, 0.25) is 0 Å². The van der Waals surface area contributed by atoms with Crippen molar-refractivity contribution < 1.29 is 9.18 Å². The summed E-state index contributed by atoms with van der Waals surface area (Å²) in [4.78, 5) is 33.3. The highest BCUT2D eigenvalue weighted by molar-refractivity contribution is 5.97. The smallest absolute Gasteiger partial charge is 0.227 e. The van der Waals surface area contributed by atoms with Gasteiger partial charge in [-0.2, -0.15) is 5.10 Å². The van der Waals surface area contributed by atoms with Crippen molar-refractivity contribution in [2.75, 3.05) is 5.32 Å². The molecule has 1 fully saturated rings. The lowest BCUT2D eigenvalue weighted by atomic mass is 9.85. The molecule has 11 heteroatoms. The number of hydrogen-bond donors (Lipinski definition) is 3. The van der Waals surface area contributed by atoms with Crippen molar-refractivity contribution in [2.24, 2.45) is 5.92 Å². The minimum Gasteiger partial charge on any atom is -0.334 e. The number of hydrogen-bond acceptors (Lipinski definition) is 6. The van der Waals surface area contributed by atoms with Crippen LogP contribution in [0.3, 0.4) is 0 Å². The van der Waals surface area contributed by atoms with E-state index in [4.69, 9.17) is 0 Å². The molecule has 5 aromatic heterocycles. The number of carbonyl (C=O) groups excluding carboxylic acids is 1. The zero-order valence-electron chi connectivity index (χ0n) is 20.4. The van der Waals surface area contributed by atoms with Crippen LogP contribution in [0.25, 0.3) is 50.4 Å². The Hall–Kier alpha value is -4.93. The van der Waals surface area contributed by atoms with Gasteiger partial charge in [0, 0.05) is 35.5 Å². The second kappa shape index (κ2) is 8.58. The van der Waals surface area contributed by atoms with Crippen LogP contribution in [-0.2, 0) is 4.79 Å². The Morgan fingerprint density at radius 1 is 1.16 bits per heavy atom. The summed E-state index contributed by atoms with van der Waals surface area (Å²) in [7, 11) is 0. The summed E-state index contributed by atoms with van der Waals surface area (Å²) in [6, 6.07) is 6.93. The van der Waals surface area contributed by atoms with E-state index in [1.54, 1.807) is 31.0 Å². The minimum absolute atomic E-state index is 0.00216. The largest absolute Gasteiger partial charge is 0.334 e. The van der Waals surface area contributed by atoms with Crippen LogP contribution in [0.15, 0.2) is 55.4 Å². The first kappa shape index (κ1) is 22.3. The number of nitrogens with zero attached hydrogens (tertiary/aromatic N) is 6. The van der Waals surface area contributed by atoms with Crippen LogP contribution in [0.1, 0.15) is 25.0 Å². The molecule has 1 saturated carbocycles. The highest BCUT2D eigenvalue weighted by atomic mass is 19.1. The SMILES string of the molecule is Cc1cn(-c2ccnc3nc(-c4[nH]nc5c(F)cc(-c6cncc(NC(=O)C7CCC7)c6)cc45)[nH]c23)cn1. The number of anilines is 1. The molecule has 1 aliphatic rings. The van der Waals surface area contributed by atoms with Crippen molar-refractivity contribution in [1.82, 2.24) is 39.7 Å². The number of nitrogens with one attached hydrogen (secondary N) is 3. The van der Waals surface area contributed by atoms with Gasteiger partial charge in [0.15, 0.2) is 17.3 Å². The van der Waals surface area contributed by atoms with Crippen LogP contribution < -0.4 is 5.32 Å². The van der Waals surface area contributed by atoms with E-state index >= 15 is 4.39 Å². The van der Waals surface area contributed by atoms with E-state index in [1.807, 2.05) is 29.8 Å². The number of amides is 1. The van der Waals surface area contributed by atoms with Crippen molar-refractivity contribution in [3.63, 3.8) is 0 Å². The first-order chi connectivity index (χ1) is 18.5. The molecular weight excluding hydrogens is 485 g/mol. The molecule has 1 aliphatic carbocycles. The van der Waals surface area contributed by atoms with E-state index in [2.05, 4.69) is 40.4 Å². The molecule has 0 aliphatic heterocycles. The number of aromatic nitrogens is 8. The van der Waals surface area contributed by atoms with E-state index in [0.29, 0.717) is 39.4 Å². The molecule has 3 N–H and O–H groups in total. The Bertz CT molecular complexity index is 1850. The van der Waals surface area contributed by atoms with Crippen LogP contribution >= 0.6 is 0 Å². The maximum atomic E-state index is 15.2. The minimum atomic E-state index is -0.479. The fraction of sp³-hybridized carbons (Fsp3) is 0.185. The van der Waals surface area contributed by atoms with Gasteiger partial charge in [-0.25, -0.2) is 19.3 Å². The highest BCUT2D eigenvalue weighted by Gasteiger charge is 2.25. The molecule has 5 heterocycles. The lowest BCUT2D eigenvalue weighted by molar-refractivity contribution is -0.122. The Morgan fingerprint density at radius 3 is 2.84 bits per heavy atom. The van der Waals surface area contributed by atoms with E-state index in [-0.39, 0.29) is 17.3 Å². The van der Waals surface area contributed by atoms with E-state index in [0.717, 1.165) is 36.2 Å². The van der Waals surface area contributed by atoms with E-state index < -0.39 is 5.82 Å². The maximum Gasteiger partial charge on any atom is 0.227 e. The first-order valence-electron chi connectivity index (χ1n) is 12.3. The fourth-order valence-corrected chi connectivity index (χ4v) is 4.79. The second-order valence-electron chi connectivity index (χ2n) is 9.57. The van der Waals surface area contributed by atoms with Crippen molar-refractivity contribution in [3.8, 4) is 28.3 Å². The summed E-state index contributed by atoms with van der Waals surface area (Å²) < 4.78 is 17.1. The zero-order valence-corrected chi connectivity index (χ0v) is 20.4. The lowest BCUT2D eigenvalue weighted by Crippen LogP contribution is -2.28. The molecule has 7 rings (SSSR count). The lowest BCUT2D eigenvalue weighted by Gasteiger charge is -2.24. The van der Waals surface area contributed by atoms with Gasteiger partial charge in [0.1, 0.15) is 16.7 Å². The molecular formula is C27H22FN9O. The van der Waals surface area contributed by atoms with Gasteiger partial charge in [-0.05, 0) is 49.6 Å². The summed E-state index contributed by atoms with van der Waals surface area (Å²) in [6.07, 6.45) is 11.5. The quantitative estimate of drug-likeness (QED) is 0.303. The fourth-order valence-electron chi connectivity index (χ4n) is 4.79. The standard InChI is InChI=1S/C27H22FN9O/c1-14-12-37(13-31-14)21-5-6-30-25-24(21)33-26(34-25)23-19-8-16(9-20(28)22(19)35-36-23)17-7-18(11-29-10-17)32-27(38)15-3-2-4-15/h5-13,15H,2-4H2,1H3,(H,32,38)(H,35,36)(H,30,33,34). The number of aromatic amines is 2. The second-order valence-corrected chi connectivity index (χ2v) is 9.57. The van der Waals surface area contributed by atoms with Gasteiger partial charge in [0.25, 0.3) is 0 Å². The van der Waals surface area contributed by atoms with Gasteiger partial charge in [0.05, 0.1) is 29.6 Å². The Labute approximate surface area is 215 Å². The number of halogens is 1. The van der Waals surface area contributed by atoms with E-state index in [1.165, 1.54) is 6.07 Å². The summed E-state index contributed by atoms with van der Waals surface area (Å²) in [6.45, 7) is 1.92. The predicted molar refractivity (Wildman–Crippen MR) is 140 cm³/mol. The average molecular weight is 508 g/mol. The zero-order chi connectivity index (χ0) is 25.8. The Morgan fingerprint density at radius 2 is 2.05 bits per heavy atom. The molecule has 188 valence electrons. The van der Waals surface area contributed by atoms with Gasteiger partial charge >= 0.3 is 0 Å². The molecule has 0 radical (unpaired) electrons. The van der Waals surface area contributed by atoms with Crippen LogP contribution in [0.4, 0.5) is 10.1 Å². The molecule has 0 bridgehead atoms. The normalized spacial score (nSPS) is 13.7. The molecule has 1 amide bonds. The van der Waals surface area contributed by atoms with Crippen molar-refractivity contribution in [3.05, 3.63) is 66.9 Å². The summed E-state index contributed by atoms with van der Waals surface area (Å²) in [5.41, 5.74) is 5.56. The Kier molecular flexibility index (Phi) is 5.03.